The molecular formula is C23H38O4. The summed E-state index contributed by atoms with van der Waals surface area (Å²) in [6.07, 6.45) is 9.60. The molecule has 0 spiro atoms. The summed E-state index contributed by atoms with van der Waals surface area (Å²) in [5.41, 5.74) is -0.959. The van der Waals surface area contributed by atoms with Gasteiger partial charge in [-0.2, -0.15) is 0 Å². The molecule has 0 N–H and O–H groups in total. The smallest absolute Gasteiger partial charge is 0.140 e. The Kier molecular flexibility index (Phi) is 8.31. The Hall–Kier alpha value is -1.12. The fourth-order valence-electron chi connectivity index (χ4n) is 2.43. The molecule has 154 valence electrons. The van der Waals surface area contributed by atoms with Crippen molar-refractivity contribution in [2.75, 3.05) is 0 Å². The Morgan fingerprint density at radius 1 is 0.889 bits per heavy atom. The third-order valence-electron chi connectivity index (χ3n) is 3.82. The summed E-state index contributed by atoms with van der Waals surface area (Å²) in [7, 11) is 0. The van der Waals surface area contributed by atoms with E-state index in [1.807, 2.05) is 67.5 Å². The van der Waals surface area contributed by atoms with E-state index in [1.165, 1.54) is 0 Å². The largest absolute Gasteiger partial charge is 0.230 e. The molecule has 1 aliphatic rings. The van der Waals surface area contributed by atoms with Gasteiger partial charge in [-0.25, -0.2) is 19.6 Å². The summed E-state index contributed by atoms with van der Waals surface area (Å²) < 4.78 is 0. The van der Waals surface area contributed by atoms with E-state index in [0.29, 0.717) is 0 Å². The van der Waals surface area contributed by atoms with Crippen LogP contribution in [0.1, 0.15) is 88.0 Å². The first-order valence-electron chi connectivity index (χ1n) is 9.91. The van der Waals surface area contributed by atoms with Gasteiger partial charge in [0.25, 0.3) is 0 Å². The third kappa shape index (κ3) is 9.08. The molecule has 4 heteroatoms. The molecule has 4 nitrogen and oxygen atoms in total. The summed E-state index contributed by atoms with van der Waals surface area (Å²) in [6.45, 7) is 17.9. The first-order chi connectivity index (χ1) is 12.3. The third-order valence-corrected chi connectivity index (χ3v) is 3.82. The summed E-state index contributed by atoms with van der Waals surface area (Å²) >= 11 is 0. The lowest BCUT2D eigenvalue weighted by Crippen LogP contribution is -2.40. The van der Waals surface area contributed by atoms with Crippen molar-refractivity contribution in [3.05, 3.63) is 23.8 Å². The lowest BCUT2D eigenvalue weighted by molar-refractivity contribution is -0.389. The normalized spacial score (nSPS) is 25.7. The van der Waals surface area contributed by atoms with Crippen LogP contribution >= 0.6 is 0 Å². The van der Waals surface area contributed by atoms with Gasteiger partial charge in [-0.3, -0.25) is 0 Å². The van der Waals surface area contributed by atoms with E-state index in [1.54, 1.807) is 0 Å². The minimum Gasteiger partial charge on any atom is -0.230 e. The molecule has 1 aliphatic carbocycles. The minimum atomic E-state index is -0.650. The predicted octanol–water partition coefficient (Wildman–Crippen LogP) is 6.08. The SMILES string of the molecule is CCC#CCCCC1=CC(C)(OOC(C)(C)C)C=CC1(C)OOC(C)(C)C. The molecule has 0 aromatic rings. The first kappa shape index (κ1) is 23.9. The van der Waals surface area contributed by atoms with E-state index in [-0.39, 0.29) is 11.2 Å². The highest BCUT2D eigenvalue weighted by Crippen LogP contribution is 2.37. The van der Waals surface area contributed by atoms with Crippen molar-refractivity contribution < 1.29 is 19.6 Å². The maximum atomic E-state index is 5.88. The van der Waals surface area contributed by atoms with Crippen LogP contribution in [0.4, 0.5) is 0 Å². The van der Waals surface area contributed by atoms with Crippen LogP contribution in [0.3, 0.4) is 0 Å². The summed E-state index contributed by atoms with van der Waals surface area (Å²) in [6, 6.07) is 0. The first-order valence-corrected chi connectivity index (χ1v) is 9.91. The Morgan fingerprint density at radius 3 is 2.04 bits per heavy atom. The molecule has 2 unspecified atom stereocenters. The molecule has 2 atom stereocenters. The van der Waals surface area contributed by atoms with Crippen LogP contribution in [0.2, 0.25) is 0 Å². The molecule has 1 rings (SSSR count). The number of hydrogen-bond donors (Lipinski definition) is 0. The monoisotopic (exact) mass is 378 g/mol. The topological polar surface area (TPSA) is 36.9 Å². The van der Waals surface area contributed by atoms with Crippen LogP contribution in [0.25, 0.3) is 0 Å². The Labute approximate surface area is 166 Å². The van der Waals surface area contributed by atoms with Crippen molar-refractivity contribution >= 4 is 0 Å². The molecule has 0 amide bonds. The summed E-state index contributed by atoms with van der Waals surface area (Å²) in [4.78, 5) is 22.8. The van der Waals surface area contributed by atoms with Crippen LogP contribution in [-0.4, -0.2) is 22.4 Å². The van der Waals surface area contributed by atoms with Gasteiger partial charge in [0.05, 0.1) is 11.2 Å². The van der Waals surface area contributed by atoms with Crippen LogP contribution in [0.5, 0.6) is 0 Å². The van der Waals surface area contributed by atoms with Crippen LogP contribution in [-0.2, 0) is 19.6 Å². The molecule has 0 heterocycles. The Bertz CT molecular complexity index is 595. The molecule has 0 fully saturated rings. The lowest BCUT2D eigenvalue weighted by Gasteiger charge is -2.38. The second kappa shape index (κ2) is 9.39. The summed E-state index contributed by atoms with van der Waals surface area (Å²) in [5.74, 6) is 6.32. The second-order valence-corrected chi connectivity index (χ2v) is 9.41. The zero-order chi connectivity index (χ0) is 20.8. The van der Waals surface area contributed by atoms with Crippen LogP contribution in [0, 0.1) is 11.8 Å². The molecule has 0 aliphatic heterocycles. The fourth-order valence-corrected chi connectivity index (χ4v) is 2.43. The molecule has 0 saturated heterocycles. The lowest BCUT2D eigenvalue weighted by atomic mass is 9.82. The van der Waals surface area contributed by atoms with Gasteiger partial charge in [-0.1, -0.05) is 6.92 Å². The average molecular weight is 379 g/mol. The Balaban J connectivity index is 2.96. The van der Waals surface area contributed by atoms with E-state index in [2.05, 4.69) is 24.8 Å². The van der Waals surface area contributed by atoms with E-state index in [4.69, 9.17) is 19.6 Å². The molecule has 0 saturated carbocycles. The van der Waals surface area contributed by atoms with Gasteiger partial charge < -0.3 is 0 Å². The molecule has 0 radical (unpaired) electrons. The maximum Gasteiger partial charge on any atom is 0.140 e. The van der Waals surface area contributed by atoms with Gasteiger partial charge in [0.15, 0.2) is 0 Å². The quantitative estimate of drug-likeness (QED) is 0.177. The van der Waals surface area contributed by atoms with Crippen molar-refractivity contribution in [3.8, 4) is 11.8 Å². The Morgan fingerprint density at radius 2 is 1.48 bits per heavy atom. The maximum absolute atomic E-state index is 5.88. The van der Waals surface area contributed by atoms with Gasteiger partial charge in [0, 0.05) is 12.8 Å². The second-order valence-electron chi connectivity index (χ2n) is 9.41. The van der Waals surface area contributed by atoms with E-state index in [9.17, 15) is 0 Å². The van der Waals surface area contributed by atoms with Crippen molar-refractivity contribution in [1.29, 1.82) is 0 Å². The van der Waals surface area contributed by atoms with Gasteiger partial charge in [0.1, 0.15) is 11.2 Å². The molecule has 27 heavy (non-hydrogen) atoms. The minimum absolute atomic E-state index is 0.382. The highest BCUT2D eigenvalue weighted by atomic mass is 17.2. The highest BCUT2D eigenvalue weighted by molar-refractivity contribution is 5.35. The number of unbranched alkanes of at least 4 members (excludes halogenated alkanes) is 1. The number of rotatable bonds is 7. The van der Waals surface area contributed by atoms with E-state index in [0.717, 1.165) is 31.3 Å². The number of hydrogen-bond acceptors (Lipinski definition) is 4. The van der Waals surface area contributed by atoms with Crippen LogP contribution in [0.15, 0.2) is 23.8 Å². The van der Waals surface area contributed by atoms with Crippen LogP contribution < -0.4 is 0 Å². The van der Waals surface area contributed by atoms with Crippen molar-refractivity contribution in [2.45, 2.75) is 110 Å². The molecule has 0 aromatic carbocycles. The zero-order valence-corrected chi connectivity index (χ0v) is 18.7. The van der Waals surface area contributed by atoms with Crippen molar-refractivity contribution in [1.82, 2.24) is 0 Å². The van der Waals surface area contributed by atoms with Gasteiger partial charge in [-0.15, -0.1) is 11.8 Å². The van der Waals surface area contributed by atoms with E-state index >= 15 is 0 Å². The van der Waals surface area contributed by atoms with Crippen molar-refractivity contribution in [2.24, 2.45) is 0 Å². The van der Waals surface area contributed by atoms with Gasteiger partial charge in [0.2, 0.25) is 0 Å². The zero-order valence-electron chi connectivity index (χ0n) is 18.7. The van der Waals surface area contributed by atoms with Gasteiger partial charge in [-0.05, 0) is 92.0 Å². The van der Waals surface area contributed by atoms with Crippen molar-refractivity contribution in [3.63, 3.8) is 0 Å². The molecule has 0 aromatic heterocycles. The summed E-state index contributed by atoms with van der Waals surface area (Å²) in [5, 5.41) is 0. The standard InChI is InChI=1S/C23H38O4/c1-10-11-12-13-14-15-19-18-22(8,26-24-20(2,3)4)16-17-23(19,9)27-25-21(5,6)7/h16-18H,10,13-15H2,1-9H3. The van der Waals surface area contributed by atoms with Gasteiger partial charge >= 0.3 is 0 Å². The highest BCUT2D eigenvalue weighted by Gasteiger charge is 2.38. The molecular weight excluding hydrogens is 340 g/mol. The predicted molar refractivity (Wildman–Crippen MR) is 110 cm³/mol. The fraction of sp³-hybridized carbons (Fsp3) is 0.739. The molecule has 0 bridgehead atoms. The average Bonchev–Trinajstić information content (AvgIpc) is 2.54. The van der Waals surface area contributed by atoms with E-state index < -0.39 is 11.2 Å².